The van der Waals surface area contributed by atoms with E-state index in [-0.39, 0.29) is 5.91 Å². The number of amides is 1. The van der Waals surface area contributed by atoms with Crippen LogP contribution in [0.1, 0.15) is 31.0 Å². The number of benzene rings is 2. The Hall–Kier alpha value is -3.32. The number of nitrogens with zero attached hydrogens (tertiary/aromatic N) is 4. The van der Waals surface area contributed by atoms with Crippen LogP contribution >= 0.6 is 12.2 Å². The minimum absolute atomic E-state index is 0.212. The van der Waals surface area contributed by atoms with Gasteiger partial charge >= 0.3 is 0 Å². The van der Waals surface area contributed by atoms with Crippen LogP contribution in [0.25, 0.3) is 11.8 Å². The predicted octanol–water partition coefficient (Wildman–Crippen LogP) is 3.65. The minimum atomic E-state index is -0.212. The van der Waals surface area contributed by atoms with Crippen molar-refractivity contribution in [2.24, 2.45) is 0 Å². The van der Waals surface area contributed by atoms with Crippen LogP contribution in [0.4, 0.5) is 5.69 Å². The lowest BCUT2D eigenvalue weighted by Gasteiger charge is -2.15. The van der Waals surface area contributed by atoms with Crippen molar-refractivity contribution < 1.29 is 4.79 Å². The topological polar surface area (TPSA) is 63.1 Å². The summed E-state index contributed by atoms with van der Waals surface area (Å²) in [6, 6.07) is 17.4. The highest BCUT2D eigenvalue weighted by Crippen LogP contribution is 2.24. The number of aromatic nitrogens is 3. The Morgan fingerprint density at radius 3 is 2.43 bits per heavy atom. The first-order valence-electron chi connectivity index (χ1n) is 8.98. The molecule has 0 saturated carbocycles. The van der Waals surface area contributed by atoms with Crippen molar-refractivity contribution in [3.8, 4) is 5.69 Å². The van der Waals surface area contributed by atoms with Crippen molar-refractivity contribution in [3.05, 3.63) is 77.7 Å². The van der Waals surface area contributed by atoms with E-state index in [0.717, 1.165) is 11.4 Å². The van der Waals surface area contributed by atoms with E-state index in [4.69, 9.17) is 12.2 Å². The molecular formula is C21H19N5OS. The van der Waals surface area contributed by atoms with Crippen molar-refractivity contribution in [1.82, 2.24) is 20.3 Å². The molecule has 1 saturated heterocycles. The number of para-hydroxylation sites is 1. The molecule has 1 N–H and O–H groups in total. The first-order valence-corrected chi connectivity index (χ1v) is 9.38. The summed E-state index contributed by atoms with van der Waals surface area (Å²) in [6.45, 7) is 4.26. The second kappa shape index (κ2) is 7.36. The fraction of sp³-hybridized carbons (Fsp3) is 0.143. The molecule has 0 radical (unpaired) electrons. The molecule has 28 heavy (non-hydrogen) atoms. The summed E-state index contributed by atoms with van der Waals surface area (Å²) in [4.78, 5) is 15.9. The SMILES string of the molecule is CC(C)c1ccc(N2C(=O)C(=Cc3cnn(-c4ccccc4)n3)NC2=S)cc1. The van der Waals surface area contributed by atoms with Crippen LogP contribution < -0.4 is 10.2 Å². The maximum atomic E-state index is 12.9. The Kier molecular flexibility index (Phi) is 4.75. The summed E-state index contributed by atoms with van der Waals surface area (Å²) in [6.07, 6.45) is 3.27. The molecule has 7 heteroatoms. The number of thiocarbonyl (C=S) groups is 1. The molecule has 1 amide bonds. The molecule has 6 nitrogen and oxygen atoms in total. The highest BCUT2D eigenvalue weighted by Gasteiger charge is 2.32. The Bertz CT molecular complexity index is 1050. The summed E-state index contributed by atoms with van der Waals surface area (Å²) >= 11 is 5.37. The largest absolute Gasteiger partial charge is 0.327 e. The van der Waals surface area contributed by atoms with Crippen LogP contribution in [-0.4, -0.2) is 26.0 Å². The lowest BCUT2D eigenvalue weighted by Crippen LogP contribution is -2.30. The zero-order valence-corrected chi connectivity index (χ0v) is 16.4. The molecule has 0 bridgehead atoms. The molecule has 1 aliphatic heterocycles. The highest BCUT2D eigenvalue weighted by molar-refractivity contribution is 7.80. The van der Waals surface area contributed by atoms with Gasteiger partial charge in [-0.3, -0.25) is 9.69 Å². The quantitative estimate of drug-likeness (QED) is 0.545. The average molecular weight is 389 g/mol. The van der Waals surface area contributed by atoms with E-state index in [9.17, 15) is 4.79 Å². The van der Waals surface area contributed by atoms with E-state index < -0.39 is 0 Å². The lowest BCUT2D eigenvalue weighted by atomic mass is 10.0. The van der Waals surface area contributed by atoms with Crippen LogP contribution in [0.5, 0.6) is 0 Å². The Morgan fingerprint density at radius 2 is 1.75 bits per heavy atom. The Labute approximate surface area is 168 Å². The van der Waals surface area contributed by atoms with Crippen LogP contribution in [-0.2, 0) is 4.79 Å². The number of carbonyl (C=O) groups is 1. The molecule has 3 aromatic rings. The lowest BCUT2D eigenvalue weighted by molar-refractivity contribution is -0.113. The van der Waals surface area contributed by atoms with Crippen molar-refractivity contribution in [3.63, 3.8) is 0 Å². The summed E-state index contributed by atoms with van der Waals surface area (Å²) in [5.41, 5.74) is 3.74. The van der Waals surface area contributed by atoms with Gasteiger partial charge in [0.05, 0.1) is 17.6 Å². The molecule has 0 atom stereocenters. The van der Waals surface area contributed by atoms with E-state index in [2.05, 4.69) is 29.4 Å². The number of nitrogens with one attached hydrogen (secondary N) is 1. The van der Waals surface area contributed by atoms with Gasteiger partial charge in [0.2, 0.25) is 0 Å². The van der Waals surface area contributed by atoms with Crippen molar-refractivity contribution in [2.75, 3.05) is 4.90 Å². The highest BCUT2D eigenvalue weighted by atomic mass is 32.1. The molecular weight excluding hydrogens is 370 g/mol. The first-order chi connectivity index (χ1) is 13.5. The summed E-state index contributed by atoms with van der Waals surface area (Å²) < 4.78 is 0. The van der Waals surface area contributed by atoms with Crippen LogP contribution in [0, 0.1) is 0 Å². The van der Waals surface area contributed by atoms with Gasteiger partial charge in [-0.15, -0.1) is 5.10 Å². The van der Waals surface area contributed by atoms with Gasteiger partial charge in [-0.25, -0.2) is 0 Å². The fourth-order valence-corrected chi connectivity index (χ4v) is 3.25. The zero-order chi connectivity index (χ0) is 19.7. The maximum absolute atomic E-state index is 12.9. The van der Waals surface area contributed by atoms with E-state index in [1.165, 1.54) is 15.3 Å². The third-order valence-electron chi connectivity index (χ3n) is 4.49. The van der Waals surface area contributed by atoms with E-state index in [0.29, 0.717) is 22.4 Å². The molecule has 1 aromatic heterocycles. The van der Waals surface area contributed by atoms with Crippen LogP contribution in [0.15, 0.2) is 66.5 Å². The van der Waals surface area contributed by atoms with Gasteiger partial charge in [0.15, 0.2) is 5.11 Å². The second-order valence-electron chi connectivity index (χ2n) is 6.77. The predicted molar refractivity (Wildman–Crippen MR) is 113 cm³/mol. The van der Waals surface area contributed by atoms with Gasteiger partial charge in [0, 0.05) is 0 Å². The minimum Gasteiger partial charge on any atom is -0.327 e. The van der Waals surface area contributed by atoms with Crippen molar-refractivity contribution in [1.29, 1.82) is 0 Å². The molecule has 0 unspecified atom stereocenters. The Balaban J connectivity index is 1.58. The molecule has 1 fully saturated rings. The van der Waals surface area contributed by atoms with E-state index >= 15 is 0 Å². The van der Waals surface area contributed by atoms with Gasteiger partial charge in [-0.05, 0) is 54.0 Å². The van der Waals surface area contributed by atoms with Crippen LogP contribution in [0.2, 0.25) is 0 Å². The molecule has 2 aromatic carbocycles. The zero-order valence-electron chi connectivity index (χ0n) is 15.5. The van der Waals surface area contributed by atoms with Gasteiger partial charge in [0.1, 0.15) is 11.4 Å². The third-order valence-corrected chi connectivity index (χ3v) is 4.77. The molecule has 140 valence electrons. The van der Waals surface area contributed by atoms with Gasteiger partial charge in [-0.2, -0.15) is 9.90 Å². The number of carbonyl (C=O) groups excluding carboxylic acids is 1. The summed E-state index contributed by atoms with van der Waals surface area (Å²) in [5.74, 6) is 0.215. The number of anilines is 1. The smallest absolute Gasteiger partial charge is 0.281 e. The molecule has 0 spiro atoms. The van der Waals surface area contributed by atoms with E-state index in [1.54, 1.807) is 12.3 Å². The van der Waals surface area contributed by atoms with Gasteiger partial charge in [-0.1, -0.05) is 44.2 Å². The third kappa shape index (κ3) is 3.44. The normalized spacial score (nSPS) is 15.5. The molecule has 2 heterocycles. The number of hydrogen-bond donors (Lipinski definition) is 1. The van der Waals surface area contributed by atoms with E-state index in [1.807, 2.05) is 54.6 Å². The summed E-state index contributed by atoms with van der Waals surface area (Å²) in [5, 5.41) is 12.0. The number of rotatable bonds is 4. The molecule has 0 aliphatic carbocycles. The number of hydrogen-bond acceptors (Lipinski definition) is 4. The summed E-state index contributed by atoms with van der Waals surface area (Å²) in [7, 11) is 0. The van der Waals surface area contributed by atoms with Gasteiger partial charge < -0.3 is 5.32 Å². The Morgan fingerprint density at radius 1 is 1.04 bits per heavy atom. The monoisotopic (exact) mass is 389 g/mol. The maximum Gasteiger partial charge on any atom is 0.281 e. The standard InChI is InChI=1S/C21H19N5OS/c1-14(2)15-8-10-17(11-9-15)25-20(27)19(23-21(25)28)12-16-13-22-26(24-16)18-6-4-3-5-7-18/h3-14H,1-2H3,(H,23,28). The molecule has 4 rings (SSSR count). The first kappa shape index (κ1) is 18.1. The van der Waals surface area contributed by atoms with Crippen molar-refractivity contribution in [2.45, 2.75) is 19.8 Å². The van der Waals surface area contributed by atoms with Crippen LogP contribution in [0.3, 0.4) is 0 Å². The fourth-order valence-electron chi connectivity index (χ4n) is 2.95. The van der Waals surface area contributed by atoms with Crippen molar-refractivity contribution >= 4 is 35.0 Å². The van der Waals surface area contributed by atoms with Gasteiger partial charge in [0.25, 0.3) is 5.91 Å². The second-order valence-corrected chi connectivity index (χ2v) is 7.16. The average Bonchev–Trinajstić information content (AvgIpc) is 3.27. The molecule has 1 aliphatic rings.